The zero-order valence-corrected chi connectivity index (χ0v) is 11.8. The van der Waals surface area contributed by atoms with Crippen LogP contribution in [-0.4, -0.2) is 0 Å². The predicted octanol–water partition coefficient (Wildman–Crippen LogP) is 5.84. The zero-order valence-electron chi connectivity index (χ0n) is 11.8. The van der Waals surface area contributed by atoms with Crippen molar-refractivity contribution in [3.05, 3.63) is 72.8 Å². The lowest BCUT2D eigenvalue weighted by molar-refractivity contribution is 0.483. The van der Waals surface area contributed by atoms with Crippen molar-refractivity contribution < 1.29 is 4.74 Å². The van der Waals surface area contributed by atoms with Gasteiger partial charge < -0.3 is 10.1 Å². The van der Waals surface area contributed by atoms with E-state index in [-0.39, 0.29) is 0 Å². The van der Waals surface area contributed by atoms with E-state index in [1.54, 1.807) is 0 Å². The maximum absolute atomic E-state index is 6.13. The second-order valence-corrected chi connectivity index (χ2v) is 5.55. The minimum atomic E-state index is 0.876. The van der Waals surface area contributed by atoms with Gasteiger partial charge in [0.2, 0.25) is 0 Å². The van der Waals surface area contributed by atoms with Gasteiger partial charge in [-0.1, -0.05) is 60.7 Å². The van der Waals surface area contributed by atoms with E-state index < -0.39 is 0 Å². The Kier molecular flexibility index (Phi) is 2.25. The third-order valence-corrected chi connectivity index (χ3v) is 4.25. The molecule has 0 unspecified atom stereocenters. The molecule has 2 nitrogen and oxygen atoms in total. The minimum Gasteiger partial charge on any atom is -0.453 e. The Morgan fingerprint density at radius 2 is 1.05 bits per heavy atom. The van der Waals surface area contributed by atoms with Gasteiger partial charge in [-0.15, -0.1) is 0 Å². The van der Waals surface area contributed by atoms with E-state index in [2.05, 4.69) is 66.0 Å². The van der Waals surface area contributed by atoms with Gasteiger partial charge in [0.05, 0.1) is 11.4 Å². The Hall–Kier alpha value is -3.00. The summed E-state index contributed by atoms with van der Waals surface area (Å²) in [7, 11) is 0. The number of rotatable bonds is 0. The van der Waals surface area contributed by atoms with Crippen molar-refractivity contribution in [3.8, 4) is 11.5 Å². The van der Waals surface area contributed by atoms with E-state index in [4.69, 9.17) is 4.74 Å². The molecule has 1 heterocycles. The Bertz CT molecular complexity index is 953. The third-order valence-electron chi connectivity index (χ3n) is 4.25. The van der Waals surface area contributed by atoms with Crippen molar-refractivity contribution in [1.82, 2.24) is 0 Å². The molecule has 0 saturated heterocycles. The number of nitrogens with one attached hydrogen (secondary N) is 1. The van der Waals surface area contributed by atoms with Gasteiger partial charge in [-0.05, 0) is 22.9 Å². The smallest absolute Gasteiger partial charge is 0.151 e. The molecule has 1 N–H and O–H groups in total. The molecule has 22 heavy (non-hydrogen) atoms. The summed E-state index contributed by atoms with van der Waals surface area (Å²) >= 11 is 0. The van der Waals surface area contributed by atoms with Crippen LogP contribution in [0.3, 0.4) is 0 Å². The topological polar surface area (TPSA) is 21.3 Å². The van der Waals surface area contributed by atoms with Crippen molar-refractivity contribution in [2.45, 2.75) is 0 Å². The molecule has 4 aromatic carbocycles. The first kappa shape index (κ1) is 11.6. The maximum atomic E-state index is 6.13. The highest BCUT2D eigenvalue weighted by Gasteiger charge is 2.20. The standard InChI is InChI=1S/C20H13NO/c1-3-7-15-13(5-1)9-11-17-19(15)21-20-16-8-4-2-6-14(16)10-12-18(20)22-17/h1-12,21H. The highest BCUT2D eigenvalue weighted by molar-refractivity contribution is 6.05. The molecule has 1 aliphatic heterocycles. The fourth-order valence-corrected chi connectivity index (χ4v) is 3.17. The maximum Gasteiger partial charge on any atom is 0.151 e. The van der Waals surface area contributed by atoms with Crippen LogP contribution >= 0.6 is 0 Å². The first-order valence-corrected chi connectivity index (χ1v) is 7.38. The molecule has 1 aliphatic rings. The number of ether oxygens (including phenoxy) is 1. The molecule has 5 rings (SSSR count). The Labute approximate surface area is 128 Å². The van der Waals surface area contributed by atoms with Crippen LogP contribution in [0.25, 0.3) is 21.5 Å². The predicted molar refractivity (Wildman–Crippen MR) is 91.3 cm³/mol. The molecular formula is C20H13NO. The molecule has 0 radical (unpaired) electrons. The Balaban J connectivity index is 1.80. The highest BCUT2D eigenvalue weighted by Crippen LogP contribution is 2.47. The van der Waals surface area contributed by atoms with Crippen molar-refractivity contribution in [3.63, 3.8) is 0 Å². The second-order valence-electron chi connectivity index (χ2n) is 5.55. The molecule has 0 fully saturated rings. The summed E-state index contributed by atoms with van der Waals surface area (Å²) in [6.45, 7) is 0. The van der Waals surface area contributed by atoms with Crippen LogP contribution in [-0.2, 0) is 0 Å². The summed E-state index contributed by atoms with van der Waals surface area (Å²) in [6.07, 6.45) is 0. The molecule has 0 saturated carbocycles. The van der Waals surface area contributed by atoms with E-state index in [0.717, 1.165) is 22.9 Å². The molecule has 0 aliphatic carbocycles. The van der Waals surface area contributed by atoms with Crippen LogP contribution in [0.1, 0.15) is 0 Å². The number of hydrogen-bond acceptors (Lipinski definition) is 2. The van der Waals surface area contributed by atoms with E-state index in [1.807, 2.05) is 12.1 Å². The van der Waals surface area contributed by atoms with E-state index >= 15 is 0 Å². The summed E-state index contributed by atoms with van der Waals surface area (Å²) in [5, 5.41) is 8.38. The zero-order chi connectivity index (χ0) is 14.5. The van der Waals surface area contributed by atoms with Crippen LogP contribution in [0.4, 0.5) is 11.4 Å². The average Bonchev–Trinajstić information content (AvgIpc) is 2.60. The van der Waals surface area contributed by atoms with E-state index in [0.29, 0.717) is 0 Å². The number of benzene rings is 4. The van der Waals surface area contributed by atoms with Gasteiger partial charge in [0.15, 0.2) is 11.5 Å². The molecule has 0 aromatic heterocycles. The normalized spacial score (nSPS) is 12.4. The first-order chi connectivity index (χ1) is 10.9. The lowest BCUT2D eigenvalue weighted by atomic mass is 10.0. The van der Waals surface area contributed by atoms with Gasteiger partial charge in [0.25, 0.3) is 0 Å². The Morgan fingerprint density at radius 1 is 0.545 bits per heavy atom. The first-order valence-electron chi connectivity index (χ1n) is 7.38. The minimum absolute atomic E-state index is 0.876. The quantitative estimate of drug-likeness (QED) is 0.385. The van der Waals surface area contributed by atoms with E-state index in [1.165, 1.54) is 21.5 Å². The SMILES string of the molecule is c1ccc2c3c(ccc2c1)Oc1ccc2ccccc2c1N3. The summed E-state index contributed by atoms with van der Waals surface area (Å²) in [5.74, 6) is 1.75. The fraction of sp³-hybridized carbons (Fsp3) is 0. The molecular weight excluding hydrogens is 270 g/mol. The third kappa shape index (κ3) is 1.55. The average molecular weight is 283 g/mol. The van der Waals surface area contributed by atoms with Gasteiger partial charge in [-0.25, -0.2) is 0 Å². The monoisotopic (exact) mass is 283 g/mol. The van der Waals surface area contributed by atoms with Crippen molar-refractivity contribution in [2.75, 3.05) is 5.32 Å². The molecule has 2 heteroatoms. The van der Waals surface area contributed by atoms with Crippen LogP contribution in [0.5, 0.6) is 11.5 Å². The summed E-state index contributed by atoms with van der Waals surface area (Å²) < 4.78 is 6.13. The second kappa shape index (κ2) is 4.25. The van der Waals surface area contributed by atoms with Crippen molar-refractivity contribution in [1.29, 1.82) is 0 Å². The van der Waals surface area contributed by atoms with Crippen LogP contribution in [0.15, 0.2) is 72.8 Å². The molecule has 0 spiro atoms. The summed E-state index contributed by atoms with van der Waals surface area (Å²) in [6, 6.07) is 25.0. The van der Waals surface area contributed by atoms with E-state index in [9.17, 15) is 0 Å². The largest absolute Gasteiger partial charge is 0.453 e. The van der Waals surface area contributed by atoms with Gasteiger partial charge in [-0.2, -0.15) is 0 Å². The van der Waals surface area contributed by atoms with Gasteiger partial charge in [-0.3, -0.25) is 0 Å². The molecule has 0 atom stereocenters. The molecule has 104 valence electrons. The van der Waals surface area contributed by atoms with Crippen molar-refractivity contribution >= 4 is 32.9 Å². The van der Waals surface area contributed by atoms with Crippen LogP contribution < -0.4 is 10.1 Å². The van der Waals surface area contributed by atoms with Crippen molar-refractivity contribution in [2.24, 2.45) is 0 Å². The molecule has 0 bridgehead atoms. The summed E-state index contributed by atoms with van der Waals surface area (Å²) in [4.78, 5) is 0. The highest BCUT2D eigenvalue weighted by atomic mass is 16.5. The summed E-state index contributed by atoms with van der Waals surface area (Å²) in [5.41, 5.74) is 2.09. The number of hydrogen-bond donors (Lipinski definition) is 1. The number of anilines is 2. The Morgan fingerprint density at radius 3 is 1.59 bits per heavy atom. The van der Waals surface area contributed by atoms with Gasteiger partial charge >= 0.3 is 0 Å². The molecule has 0 amide bonds. The van der Waals surface area contributed by atoms with Crippen LogP contribution in [0, 0.1) is 0 Å². The number of fused-ring (bicyclic) bond motifs is 6. The molecule has 4 aromatic rings. The van der Waals surface area contributed by atoms with Crippen LogP contribution in [0.2, 0.25) is 0 Å². The lowest BCUT2D eigenvalue weighted by Gasteiger charge is -2.24. The van der Waals surface area contributed by atoms with Gasteiger partial charge in [0, 0.05) is 10.8 Å². The van der Waals surface area contributed by atoms with Gasteiger partial charge in [0.1, 0.15) is 0 Å². The lowest BCUT2D eigenvalue weighted by Crippen LogP contribution is -2.04. The fourth-order valence-electron chi connectivity index (χ4n) is 3.17.